The highest BCUT2D eigenvalue weighted by Gasteiger charge is 2.32. The molecule has 6 nitrogen and oxygen atoms in total. The zero-order chi connectivity index (χ0) is 14.4. The van der Waals surface area contributed by atoms with Crippen LogP contribution in [0.4, 0.5) is 0 Å². The lowest BCUT2D eigenvalue weighted by atomic mass is 10.0. The standard InChI is InChI=1S/C13H18O6/c1-4-9-10(5-6-11(14)18-9)19-12(15)7-17-13(16)8(2)3/h9-10H,2,4-7H2,1,3H3. The van der Waals surface area contributed by atoms with Gasteiger partial charge >= 0.3 is 17.9 Å². The van der Waals surface area contributed by atoms with Crippen LogP contribution in [0.15, 0.2) is 12.2 Å². The van der Waals surface area contributed by atoms with Crippen molar-refractivity contribution in [2.75, 3.05) is 6.61 Å². The number of carbonyl (C=O) groups is 3. The van der Waals surface area contributed by atoms with Gasteiger partial charge in [0.25, 0.3) is 0 Å². The molecule has 1 heterocycles. The molecule has 2 atom stereocenters. The Bertz CT molecular complexity index is 387. The predicted octanol–water partition coefficient (Wildman–Crippen LogP) is 1.13. The first kappa shape index (κ1) is 15.2. The van der Waals surface area contributed by atoms with Gasteiger partial charge in [0, 0.05) is 12.0 Å². The fourth-order valence-corrected chi connectivity index (χ4v) is 1.68. The quantitative estimate of drug-likeness (QED) is 0.423. The van der Waals surface area contributed by atoms with E-state index in [-0.39, 0.29) is 18.0 Å². The van der Waals surface area contributed by atoms with Crippen molar-refractivity contribution in [3.63, 3.8) is 0 Å². The van der Waals surface area contributed by atoms with E-state index < -0.39 is 30.8 Å². The number of hydrogen-bond acceptors (Lipinski definition) is 6. The number of hydrogen-bond donors (Lipinski definition) is 0. The predicted molar refractivity (Wildman–Crippen MR) is 65.1 cm³/mol. The van der Waals surface area contributed by atoms with Gasteiger partial charge in [-0.3, -0.25) is 4.79 Å². The van der Waals surface area contributed by atoms with Crippen LogP contribution in [0.2, 0.25) is 0 Å². The van der Waals surface area contributed by atoms with Crippen molar-refractivity contribution >= 4 is 17.9 Å². The summed E-state index contributed by atoms with van der Waals surface area (Å²) in [5.41, 5.74) is 0.214. The molecule has 19 heavy (non-hydrogen) atoms. The average Bonchev–Trinajstić information content (AvgIpc) is 2.37. The molecule has 1 saturated heterocycles. The van der Waals surface area contributed by atoms with E-state index in [1.165, 1.54) is 6.92 Å². The third-order valence-corrected chi connectivity index (χ3v) is 2.69. The maximum atomic E-state index is 11.5. The zero-order valence-corrected chi connectivity index (χ0v) is 11.1. The third kappa shape index (κ3) is 4.73. The molecule has 6 heteroatoms. The average molecular weight is 270 g/mol. The van der Waals surface area contributed by atoms with Crippen molar-refractivity contribution in [2.24, 2.45) is 0 Å². The van der Waals surface area contributed by atoms with Gasteiger partial charge in [-0.2, -0.15) is 0 Å². The Morgan fingerprint density at radius 3 is 2.74 bits per heavy atom. The number of esters is 3. The zero-order valence-electron chi connectivity index (χ0n) is 11.1. The summed E-state index contributed by atoms with van der Waals surface area (Å²) in [5.74, 6) is -1.58. The second kappa shape index (κ2) is 6.92. The fourth-order valence-electron chi connectivity index (χ4n) is 1.68. The van der Waals surface area contributed by atoms with Gasteiger partial charge in [-0.05, 0) is 19.8 Å². The maximum absolute atomic E-state index is 11.5. The van der Waals surface area contributed by atoms with E-state index in [0.29, 0.717) is 12.8 Å². The monoisotopic (exact) mass is 270 g/mol. The number of cyclic esters (lactones) is 1. The molecule has 0 amide bonds. The first-order valence-electron chi connectivity index (χ1n) is 6.15. The molecule has 0 spiro atoms. The summed E-state index contributed by atoms with van der Waals surface area (Å²) in [5, 5.41) is 0. The Morgan fingerprint density at radius 1 is 1.47 bits per heavy atom. The van der Waals surface area contributed by atoms with Crippen LogP contribution in [-0.2, 0) is 28.6 Å². The van der Waals surface area contributed by atoms with E-state index in [1.54, 1.807) is 0 Å². The highest BCUT2D eigenvalue weighted by atomic mass is 16.6. The summed E-state index contributed by atoms with van der Waals surface area (Å²) in [7, 11) is 0. The summed E-state index contributed by atoms with van der Waals surface area (Å²) in [6.45, 7) is 6.26. The topological polar surface area (TPSA) is 78.9 Å². The second-order valence-electron chi connectivity index (χ2n) is 4.36. The van der Waals surface area contributed by atoms with Crippen LogP contribution in [0.5, 0.6) is 0 Å². The van der Waals surface area contributed by atoms with Crippen LogP contribution in [0.1, 0.15) is 33.1 Å². The molecular formula is C13H18O6. The SMILES string of the molecule is C=C(C)C(=O)OCC(=O)OC1CCC(=O)OC1CC. The molecule has 0 aromatic heterocycles. The summed E-state index contributed by atoms with van der Waals surface area (Å²) >= 11 is 0. The van der Waals surface area contributed by atoms with Crippen molar-refractivity contribution in [1.29, 1.82) is 0 Å². The van der Waals surface area contributed by atoms with Gasteiger partial charge in [0.1, 0.15) is 12.2 Å². The molecule has 0 radical (unpaired) electrons. The van der Waals surface area contributed by atoms with E-state index in [0.717, 1.165) is 0 Å². The Balaban J connectivity index is 2.41. The number of rotatable bonds is 5. The molecule has 0 bridgehead atoms. The molecule has 2 unspecified atom stereocenters. The Labute approximate surface area is 111 Å². The largest absolute Gasteiger partial charge is 0.458 e. The van der Waals surface area contributed by atoms with Crippen molar-refractivity contribution in [3.05, 3.63) is 12.2 Å². The summed E-state index contributed by atoms with van der Waals surface area (Å²) < 4.78 is 14.9. The molecular weight excluding hydrogens is 252 g/mol. The van der Waals surface area contributed by atoms with Crippen LogP contribution in [0.3, 0.4) is 0 Å². The molecule has 106 valence electrons. The molecule has 0 aliphatic carbocycles. The lowest BCUT2D eigenvalue weighted by Crippen LogP contribution is -2.40. The molecule has 1 aliphatic rings. The summed E-state index contributed by atoms with van der Waals surface area (Å²) in [4.78, 5) is 33.7. The molecule has 0 N–H and O–H groups in total. The Hall–Kier alpha value is -1.85. The van der Waals surface area contributed by atoms with Gasteiger partial charge in [-0.25, -0.2) is 9.59 Å². The van der Waals surface area contributed by atoms with Crippen molar-refractivity contribution < 1.29 is 28.6 Å². The van der Waals surface area contributed by atoms with Crippen molar-refractivity contribution in [1.82, 2.24) is 0 Å². The van der Waals surface area contributed by atoms with Gasteiger partial charge in [0.2, 0.25) is 0 Å². The van der Waals surface area contributed by atoms with Crippen LogP contribution < -0.4 is 0 Å². The van der Waals surface area contributed by atoms with Crippen LogP contribution >= 0.6 is 0 Å². The molecule has 0 aromatic rings. The highest BCUT2D eigenvalue weighted by Crippen LogP contribution is 2.20. The number of carbonyl (C=O) groups excluding carboxylic acids is 3. The van der Waals surface area contributed by atoms with Crippen molar-refractivity contribution in [3.8, 4) is 0 Å². The minimum absolute atomic E-state index is 0.214. The van der Waals surface area contributed by atoms with Gasteiger partial charge in [0.05, 0.1) is 0 Å². The van der Waals surface area contributed by atoms with E-state index in [1.807, 2.05) is 6.92 Å². The minimum atomic E-state index is -0.656. The van der Waals surface area contributed by atoms with Crippen LogP contribution in [0.25, 0.3) is 0 Å². The Kier molecular flexibility index (Phi) is 5.54. The van der Waals surface area contributed by atoms with Gasteiger partial charge in [-0.1, -0.05) is 13.5 Å². The molecule has 1 fully saturated rings. The summed E-state index contributed by atoms with van der Waals surface area (Å²) in [6, 6.07) is 0. The second-order valence-corrected chi connectivity index (χ2v) is 4.36. The van der Waals surface area contributed by atoms with Gasteiger partial charge in [0.15, 0.2) is 6.61 Å². The number of ether oxygens (including phenoxy) is 3. The van der Waals surface area contributed by atoms with Crippen molar-refractivity contribution in [2.45, 2.75) is 45.3 Å². The van der Waals surface area contributed by atoms with Gasteiger partial charge in [-0.15, -0.1) is 0 Å². The van der Waals surface area contributed by atoms with E-state index in [4.69, 9.17) is 9.47 Å². The molecule has 1 rings (SSSR count). The van der Waals surface area contributed by atoms with E-state index >= 15 is 0 Å². The first-order valence-corrected chi connectivity index (χ1v) is 6.15. The molecule has 1 aliphatic heterocycles. The lowest BCUT2D eigenvalue weighted by Gasteiger charge is -2.29. The Morgan fingerprint density at radius 2 is 2.16 bits per heavy atom. The maximum Gasteiger partial charge on any atom is 0.344 e. The summed E-state index contributed by atoms with van der Waals surface area (Å²) in [6.07, 6.45) is 0.313. The van der Waals surface area contributed by atoms with E-state index in [2.05, 4.69) is 11.3 Å². The van der Waals surface area contributed by atoms with E-state index in [9.17, 15) is 14.4 Å². The van der Waals surface area contributed by atoms with Gasteiger partial charge < -0.3 is 14.2 Å². The first-order chi connectivity index (χ1) is 8.93. The minimum Gasteiger partial charge on any atom is -0.458 e. The highest BCUT2D eigenvalue weighted by molar-refractivity contribution is 5.88. The van der Waals surface area contributed by atoms with Crippen LogP contribution in [0, 0.1) is 0 Å². The molecule has 0 aromatic carbocycles. The fraction of sp³-hybridized carbons (Fsp3) is 0.615. The lowest BCUT2D eigenvalue weighted by molar-refractivity contribution is -0.180. The van der Waals surface area contributed by atoms with Crippen LogP contribution in [-0.4, -0.2) is 36.7 Å². The molecule has 0 saturated carbocycles. The normalized spacial score (nSPS) is 22.3. The smallest absolute Gasteiger partial charge is 0.344 e. The third-order valence-electron chi connectivity index (χ3n) is 2.69.